The van der Waals surface area contributed by atoms with Crippen LogP contribution in [0.5, 0.6) is 5.75 Å². The molecule has 0 aliphatic carbocycles. The number of aromatic hydroxyl groups is 1. The van der Waals surface area contributed by atoms with Gasteiger partial charge in [0.15, 0.2) is 0 Å². The monoisotopic (exact) mass is 367 g/mol. The maximum atomic E-state index is 10.2. The van der Waals surface area contributed by atoms with Gasteiger partial charge in [-0.15, -0.1) is 11.3 Å². The minimum Gasteiger partial charge on any atom is -0.508 e. The number of nitrogens with one attached hydrogen (secondary N) is 1. The molecule has 0 amide bonds. The zero-order chi connectivity index (χ0) is 18.5. The third-order valence-electron chi connectivity index (χ3n) is 4.49. The van der Waals surface area contributed by atoms with Crippen molar-refractivity contribution in [3.63, 3.8) is 0 Å². The molecule has 0 aliphatic rings. The van der Waals surface area contributed by atoms with E-state index in [1.807, 2.05) is 25.1 Å². The molecule has 0 bridgehead atoms. The number of phenolic OH excluding ortho intramolecular Hbond substituents is 1. The number of nitrogens with zero attached hydrogens (tertiary/aromatic N) is 2. The van der Waals surface area contributed by atoms with E-state index in [4.69, 9.17) is 4.98 Å². The van der Waals surface area contributed by atoms with Crippen molar-refractivity contribution in [2.24, 2.45) is 0 Å². The van der Waals surface area contributed by atoms with Crippen molar-refractivity contribution < 1.29 is 5.11 Å². The molecule has 136 valence electrons. The largest absolute Gasteiger partial charge is 0.508 e. The molecule has 0 spiro atoms. The Morgan fingerprint density at radius 1 is 1.19 bits per heavy atom. The number of aryl methyl sites for hydroxylation is 3. The summed E-state index contributed by atoms with van der Waals surface area (Å²) in [4.78, 5) is 8.76. The zero-order valence-electron chi connectivity index (χ0n) is 15.5. The molecule has 2 aromatic heterocycles. The molecular weight excluding hydrogens is 342 g/mol. The predicted octanol–water partition coefficient (Wildman–Crippen LogP) is 4.81. The first-order chi connectivity index (χ1) is 12.5. The van der Waals surface area contributed by atoms with E-state index in [9.17, 15) is 5.11 Å². The van der Waals surface area contributed by atoms with E-state index in [0.717, 1.165) is 52.3 Å². The summed E-state index contributed by atoms with van der Waals surface area (Å²) >= 11 is 1.71. The van der Waals surface area contributed by atoms with E-state index < -0.39 is 0 Å². The molecule has 4 nitrogen and oxygen atoms in total. The van der Waals surface area contributed by atoms with Crippen molar-refractivity contribution in [3.05, 3.63) is 63.7 Å². The lowest BCUT2D eigenvalue weighted by molar-refractivity contribution is 0.450. The Morgan fingerprint density at radius 3 is 2.69 bits per heavy atom. The molecule has 0 aliphatic heterocycles. The second kappa shape index (κ2) is 8.43. The van der Waals surface area contributed by atoms with Crippen LogP contribution in [0.4, 0.5) is 0 Å². The van der Waals surface area contributed by atoms with E-state index in [1.165, 1.54) is 0 Å². The Kier molecular flexibility index (Phi) is 6.01. The molecule has 1 aromatic carbocycles. The molecule has 3 rings (SSSR count). The molecule has 2 N–H and O–H groups in total. The van der Waals surface area contributed by atoms with Gasteiger partial charge in [0.2, 0.25) is 0 Å². The van der Waals surface area contributed by atoms with Crippen LogP contribution in [-0.2, 0) is 6.42 Å². The first-order valence-corrected chi connectivity index (χ1v) is 9.81. The number of hydrogen-bond donors (Lipinski definition) is 2. The topological polar surface area (TPSA) is 58.0 Å². The highest BCUT2D eigenvalue weighted by molar-refractivity contribution is 7.09. The van der Waals surface area contributed by atoms with Crippen molar-refractivity contribution >= 4 is 11.3 Å². The normalized spacial score (nSPS) is 12.3. The number of benzene rings is 1. The van der Waals surface area contributed by atoms with Gasteiger partial charge < -0.3 is 10.4 Å². The number of pyridine rings is 1. The fourth-order valence-electron chi connectivity index (χ4n) is 3.26. The zero-order valence-corrected chi connectivity index (χ0v) is 16.3. The Labute approximate surface area is 159 Å². The van der Waals surface area contributed by atoms with Gasteiger partial charge in [0, 0.05) is 41.4 Å². The van der Waals surface area contributed by atoms with Gasteiger partial charge in [0.1, 0.15) is 5.75 Å². The quantitative estimate of drug-likeness (QED) is 0.588. The Hall–Kier alpha value is -2.24. The van der Waals surface area contributed by atoms with Gasteiger partial charge in [-0.05, 0) is 63.1 Å². The third-order valence-corrected chi connectivity index (χ3v) is 5.40. The Morgan fingerprint density at radius 2 is 1.96 bits per heavy atom. The number of hydrogen-bond acceptors (Lipinski definition) is 5. The van der Waals surface area contributed by atoms with Crippen LogP contribution in [0, 0.1) is 13.8 Å². The predicted molar refractivity (Wildman–Crippen MR) is 108 cm³/mol. The fourth-order valence-corrected chi connectivity index (χ4v) is 4.11. The van der Waals surface area contributed by atoms with Crippen molar-refractivity contribution in [3.8, 4) is 17.0 Å². The van der Waals surface area contributed by atoms with Gasteiger partial charge >= 0.3 is 0 Å². The summed E-state index contributed by atoms with van der Waals surface area (Å²) in [7, 11) is 0. The maximum absolute atomic E-state index is 10.2. The van der Waals surface area contributed by atoms with E-state index in [0.29, 0.717) is 5.75 Å². The summed E-state index contributed by atoms with van der Waals surface area (Å²) in [6.45, 7) is 7.04. The lowest BCUT2D eigenvalue weighted by Gasteiger charge is -2.18. The summed E-state index contributed by atoms with van der Waals surface area (Å²) in [5.74, 6) is 0.379. The average Bonchev–Trinajstić information content (AvgIpc) is 3.07. The Balaban J connectivity index is 1.51. The first-order valence-electron chi connectivity index (χ1n) is 8.93. The molecule has 2 heterocycles. The van der Waals surface area contributed by atoms with Crippen LogP contribution in [0.25, 0.3) is 11.3 Å². The molecule has 0 fully saturated rings. The van der Waals surface area contributed by atoms with Crippen LogP contribution in [0.2, 0.25) is 0 Å². The van der Waals surface area contributed by atoms with Gasteiger partial charge in [0.25, 0.3) is 0 Å². The molecule has 5 heteroatoms. The maximum Gasteiger partial charge on any atom is 0.120 e. The highest BCUT2D eigenvalue weighted by Gasteiger charge is 2.13. The lowest BCUT2D eigenvalue weighted by Crippen LogP contribution is -2.21. The van der Waals surface area contributed by atoms with Crippen LogP contribution >= 0.6 is 11.3 Å². The highest BCUT2D eigenvalue weighted by atomic mass is 32.1. The van der Waals surface area contributed by atoms with Crippen LogP contribution in [-0.4, -0.2) is 21.6 Å². The van der Waals surface area contributed by atoms with Crippen molar-refractivity contribution in [1.82, 2.24) is 15.3 Å². The second-order valence-electron chi connectivity index (χ2n) is 6.66. The summed E-state index contributed by atoms with van der Waals surface area (Å²) in [6.07, 6.45) is 5.55. The van der Waals surface area contributed by atoms with Crippen molar-refractivity contribution in [1.29, 1.82) is 0 Å². The van der Waals surface area contributed by atoms with Gasteiger partial charge in [0.05, 0.1) is 10.7 Å². The summed E-state index contributed by atoms with van der Waals surface area (Å²) in [6, 6.07) is 8.04. The minimum atomic E-state index is 0.124. The van der Waals surface area contributed by atoms with Crippen LogP contribution in [0.1, 0.15) is 41.1 Å². The van der Waals surface area contributed by atoms with E-state index in [1.54, 1.807) is 23.7 Å². The molecule has 1 atom stereocenters. The van der Waals surface area contributed by atoms with Crippen molar-refractivity contribution in [2.45, 2.75) is 39.7 Å². The van der Waals surface area contributed by atoms with Crippen LogP contribution in [0.3, 0.4) is 0 Å². The molecule has 0 saturated carbocycles. The first kappa shape index (κ1) is 18.5. The van der Waals surface area contributed by atoms with Crippen LogP contribution < -0.4 is 5.32 Å². The smallest absolute Gasteiger partial charge is 0.120 e. The average molecular weight is 368 g/mol. The molecule has 0 saturated heterocycles. The molecule has 1 unspecified atom stereocenters. The second-order valence-corrected chi connectivity index (χ2v) is 7.60. The van der Waals surface area contributed by atoms with Gasteiger partial charge in [-0.25, -0.2) is 4.98 Å². The molecule has 26 heavy (non-hydrogen) atoms. The number of aromatic nitrogens is 2. The van der Waals surface area contributed by atoms with E-state index in [2.05, 4.69) is 35.6 Å². The Bertz CT molecular complexity index is 838. The number of thiazole rings is 1. The SMILES string of the molecule is Cc1cc(C)c(C(C)NCCCc2nc(-c3ccncc3)cs2)c(O)c1. The highest BCUT2D eigenvalue weighted by Crippen LogP contribution is 2.29. The van der Waals surface area contributed by atoms with E-state index in [-0.39, 0.29) is 6.04 Å². The summed E-state index contributed by atoms with van der Waals surface area (Å²) in [5, 5.41) is 17.0. The van der Waals surface area contributed by atoms with E-state index >= 15 is 0 Å². The van der Waals surface area contributed by atoms with Gasteiger partial charge in [-0.3, -0.25) is 4.98 Å². The fraction of sp³-hybridized carbons (Fsp3) is 0.333. The summed E-state index contributed by atoms with van der Waals surface area (Å²) in [5.41, 5.74) is 5.34. The van der Waals surface area contributed by atoms with Gasteiger partial charge in [-0.1, -0.05) is 6.07 Å². The molecule has 0 radical (unpaired) electrons. The van der Waals surface area contributed by atoms with Crippen molar-refractivity contribution in [2.75, 3.05) is 6.54 Å². The summed E-state index contributed by atoms with van der Waals surface area (Å²) < 4.78 is 0. The lowest BCUT2D eigenvalue weighted by atomic mass is 9.99. The molecular formula is C21H25N3OS. The molecule has 3 aromatic rings. The third kappa shape index (κ3) is 4.48. The standard InChI is InChI=1S/C21H25N3OS/c1-14-11-15(2)21(19(25)12-14)16(3)23-8-4-5-20-24-18(13-26-20)17-6-9-22-10-7-17/h6-7,9-13,16,23,25H,4-5,8H2,1-3H3. The minimum absolute atomic E-state index is 0.124. The van der Waals surface area contributed by atoms with Crippen LogP contribution in [0.15, 0.2) is 42.0 Å². The van der Waals surface area contributed by atoms with Gasteiger partial charge in [-0.2, -0.15) is 0 Å². The number of phenols is 1. The number of rotatable bonds is 7.